The van der Waals surface area contributed by atoms with Crippen LogP contribution in [0.2, 0.25) is 5.02 Å². The van der Waals surface area contributed by atoms with Gasteiger partial charge >= 0.3 is 0 Å². The smallest absolute Gasteiger partial charge is 0.251 e. The Bertz CT molecular complexity index is 1330. The fourth-order valence-corrected chi connectivity index (χ4v) is 4.55. The third-order valence-electron chi connectivity index (χ3n) is 6.10. The summed E-state index contributed by atoms with van der Waals surface area (Å²) in [5, 5.41) is 13.8. The number of amides is 1. The summed E-state index contributed by atoms with van der Waals surface area (Å²) < 4.78 is 0. The first-order valence-electron chi connectivity index (χ1n) is 11.2. The number of carbonyl (C=O) groups is 1. The highest BCUT2D eigenvalue weighted by Gasteiger charge is 2.25. The summed E-state index contributed by atoms with van der Waals surface area (Å²) in [5.74, 6) is 0.467. The van der Waals surface area contributed by atoms with Gasteiger partial charge in [-0.3, -0.25) is 4.79 Å². The highest BCUT2D eigenvalue weighted by Crippen LogP contribution is 2.33. The SMILES string of the molecule is C[C@@H](O)C(=O)N1CCc2c(cccc2Nc2ccc(Cl)c(-c3ncc(-c4ccccc4)[nH]3)c2)C1. The molecule has 3 N–H and O–H groups in total. The van der Waals surface area contributed by atoms with E-state index in [1.165, 1.54) is 12.5 Å². The lowest BCUT2D eigenvalue weighted by Crippen LogP contribution is -2.41. The maximum Gasteiger partial charge on any atom is 0.251 e. The molecular weight excluding hydrogens is 448 g/mol. The molecule has 0 unspecified atom stereocenters. The first-order valence-corrected chi connectivity index (χ1v) is 11.6. The highest BCUT2D eigenvalue weighted by atomic mass is 35.5. The van der Waals surface area contributed by atoms with Crippen LogP contribution in [-0.2, 0) is 17.8 Å². The second-order valence-electron chi connectivity index (χ2n) is 8.46. The van der Waals surface area contributed by atoms with Crippen molar-refractivity contribution in [1.29, 1.82) is 0 Å². The Morgan fingerprint density at radius 3 is 2.76 bits per heavy atom. The monoisotopic (exact) mass is 472 g/mol. The van der Waals surface area contributed by atoms with Gasteiger partial charge in [-0.15, -0.1) is 0 Å². The largest absolute Gasteiger partial charge is 0.384 e. The van der Waals surface area contributed by atoms with E-state index in [4.69, 9.17) is 11.6 Å². The number of aromatic nitrogens is 2. The average molecular weight is 473 g/mol. The van der Waals surface area contributed by atoms with Gasteiger partial charge in [-0.1, -0.05) is 54.1 Å². The number of anilines is 2. The molecule has 0 radical (unpaired) electrons. The van der Waals surface area contributed by atoms with E-state index < -0.39 is 6.10 Å². The van der Waals surface area contributed by atoms with Crippen molar-refractivity contribution in [2.75, 3.05) is 11.9 Å². The number of fused-ring (bicyclic) bond motifs is 1. The van der Waals surface area contributed by atoms with Gasteiger partial charge < -0.3 is 20.3 Å². The van der Waals surface area contributed by atoms with Gasteiger partial charge in [0.15, 0.2) is 0 Å². The minimum absolute atomic E-state index is 0.236. The molecule has 6 nitrogen and oxygen atoms in total. The molecule has 5 rings (SSSR count). The van der Waals surface area contributed by atoms with Gasteiger partial charge in [0.25, 0.3) is 5.91 Å². The lowest BCUT2D eigenvalue weighted by Gasteiger charge is -2.31. The topological polar surface area (TPSA) is 81.2 Å². The molecule has 0 saturated carbocycles. The number of rotatable bonds is 5. The quantitative estimate of drug-likeness (QED) is 0.363. The van der Waals surface area contributed by atoms with Crippen molar-refractivity contribution in [1.82, 2.24) is 14.9 Å². The van der Waals surface area contributed by atoms with Crippen molar-refractivity contribution in [3.8, 4) is 22.6 Å². The number of H-pyrrole nitrogens is 1. The maximum atomic E-state index is 12.2. The van der Waals surface area contributed by atoms with E-state index in [9.17, 15) is 9.90 Å². The van der Waals surface area contributed by atoms with Crippen molar-refractivity contribution in [3.05, 3.63) is 89.1 Å². The molecule has 1 aliphatic rings. The summed E-state index contributed by atoms with van der Waals surface area (Å²) in [6.45, 7) is 2.58. The number of aromatic amines is 1. The average Bonchev–Trinajstić information content (AvgIpc) is 3.35. The number of aliphatic hydroxyl groups excluding tert-OH is 1. The summed E-state index contributed by atoms with van der Waals surface area (Å²) in [4.78, 5) is 21.9. The Morgan fingerprint density at radius 1 is 1.15 bits per heavy atom. The number of nitrogens with one attached hydrogen (secondary N) is 2. The first kappa shape index (κ1) is 22.2. The Hall–Kier alpha value is -3.61. The van der Waals surface area contributed by atoms with Crippen molar-refractivity contribution in [2.45, 2.75) is 26.0 Å². The van der Waals surface area contributed by atoms with Crippen LogP contribution in [-0.4, -0.2) is 38.5 Å². The van der Waals surface area contributed by atoms with E-state index in [1.54, 1.807) is 4.90 Å². The van der Waals surface area contributed by atoms with Crippen LogP contribution in [0.1, 0.15) is 18.1 Å². The van der Waals surface area contributed by atoms with Crippen LogP contribution in [0.5, 0.6) is 0 Å². The van der Waals surface area contributed by atoms with Crippen LogP contribution in [0.4, 0.5) is 11.4 Å². The molecule has 34 heavy (non-hydrogen) atoms. The van der Waals surface area contributed by atoms with Gasteiger partial charge in [-0.25, -0.2) is 4.98 Å². The highest BCUT2D eigenvalue weighted by molar-refractivity contribution is 6.33. The van der Waals surface area contributed by atoms with Gasteiger partial charge in [0, 0.05) is 30.0 Å². The predicted octanol–water partition coefficient (Wildman–Crippen LogP) is 5.41. The van der Waals surface area contributed by atoms with E-state index in [-0.39, 0.29) is 5.91 Å². The van der Waals surface area contributed by atoms with E-state index in [0.717, 1.165) is 40.2 Å². The lowest BCUT2D eigenvalue weighted by atomic mass is 9.97. The zero-order valence-electron chi connectivity index (χ0n) is 18.8. The first-order chi connectivity index (χ1) is 16.5. The van der Waals surface area contributed by atoms with Gasteiger partial charge in [0.2, 0.25) is 0 Å². The van der Waals surface area contributed by atoms with Crippen molar-refractivity contribution < 1.29 is 9.90 Å². The standard InChI is InChI=1S/C27H25ClN4O2/c1-17(33)27(34)32-13-12-21-19(16-32)8-5-9-24(21)30-20-10-11-23(28)22(14-20)26-29-15-25(31-26)18-6-3-2-4-7-18/h2-11,14-15,17,30,33H,12-13,16H2,1H3,(H,29,31)/t17-/m1/s1. The fourth-order valence-electron chi connectivity index (χ4n) is 4.34. The number of imidazole rings is 1. The minimum Gasteiger partial charge on any atom is -0.384 e. The van der Waals surface area contributed by atoms with E-state index in [1.807, 2.05) is 72.9 Å². The van der Waals surface area contributed by atoms with Crippen LogP contribution >= 0.6 is 11.6 Å². The number of nitrogens with zero attached hydrogens (tertiary/aromatic N) is 2. The summed E-state index contributed by atoms with van der Waals surface area (Å²) in [6.07, 6.45) is 1.55. The second kappa shape index (κ2) is 9.33. The van der Waals surface area contributed by atoms with Crippen LogP contribution in [0, 0.1) is 0 Å². The molecule has 1 aliphatic heterocycles. The van der Waals surface area contributed by atoms with Crippen LogP contribution in [0.15, 0.2) is 72.9 Å². The van der Waals surface area contributed by atoms with Crippen LogP contribution < -0.4 is 5.32 Å². The Labute approximate surface area is 203 Å². The molecule has 0 saturated heterocycles. The molecule has 2 heterocycles. The molecule has 172 valence electrons. The molecule has 0 fully saturated rings. The van der Waals surface area contributed by atoms with Gasteiger partial charge in [0.1, 0.15) is 11.9 Å². The number of hydrogen-bond donors (Lipinski definition) is 3. The van der Waals surface area contributed by atoms with E-state index in [0.29, 0.717) is 23.9 Å². The summed E-state index contributed by atoms with van der Waals surface area (Å²) in [6, 6.07) is 21.9. The number of halogens is 1. The Kier molecular flexibility index (Phi) is 6.09. The van der Waals surface area contributed by atoms with Gasteiger partial charge in [-0.2, -0.15) is 0 Å². The molecule has 0 spiro atoms. The van der Waals surface area contributed by atoms with Crippen molar-refractivity contribution >= 4 is 28.9 Å². The number of hydrogen-bond acceptors (Lipinski definition) is 4. The van der Waals surface area contributed by atoms with Gasteiger partial charge in [-0.05, 0) is 54.3 Å². The third kappa shape index (κ3) is 4.42. The summed E-state index contributed by atoms with van der Waals surface area (Å²) in [5.41, 5.74) is 6.96. The molecule has 4 aromatic rings. The molecule has 1 amide bonds. The van der Waals surface area contributed by atoms with Crippen LogP contribution in [0.25, 0.3) is 22.6 Å². The summed E-state index contributed by atoms with van der Waals surface area (Å²) in [7, 11) is 0. The van der Waals surface area contributed by atoms with Crippen molar-refractivity contribution in [3.63, 3.8) is 0 Å². The Balaban J connectivity index is 1.40. The minimum atomic E-state index is -0.987. The molecule has 1 aromatic heterocycles. The molecule has 1 atom stereocenters. The predicted molar refractivity (Wildman–Crippen MR) is 135 cm³/mol. The number of carbonyl (C=O) groups excluding carboxylic acids is 1. The maximum absolute atomic E-state index is 12.2. The fraction of sp³-hybridized carbons (Fsp3) is 0.185. The van der Waals surface area contributed by atoms with Crippen molar-refractivity contribution in [2.24, 2.45) is 0 Å². The Morgan fingerprint density at radius 2 is 1.97 bits per heavy atom. The molecule has 7 heteroatoms. The van der Waals surface area contributed by atoms with Gasteiger partial charge in [0.05, 0.1) is 16.9 Å². The second-order valence-corrected chi connectivity index (χ2v) is 8.87. The number of aliphatic hydroxyl groups is 1. The van der Waals surface area contributed by atoms with E-state index in [2.05, 4.69) is 15.3 Å². The molecule has 0 aliphatic carbocycles. The third-order valence-corrected chi connectivity index (χ3v) is 6.43. The zero-order chi connectivity index (χ0) is 23.7. The number of benzene rings is 3. The zero-order valence-corrected chi connectivity index (χ0v) is 19.5. The lowest BCUT2D eigenvalue weighted by molar-refractivity contribution is -0.140. The molecule has 0 bridgehead atoms. The van der Waals surface area contributed by atoms with Crippen LogP contribution in [0.3, 0.4) is 0 Å². The normalized spacial score (nSPS) is 13.9. The molecule has 3 aromatic carbocycles. The molecular formula is C27H25ClN4O2. The summed E-state index contributed by atoms with van der Waals surface area (Å²) >= 11 is 6.53. The van der Waals surface area contributed by atoms with E-state index >= 15 is 0 Å².